The summed E-state index contributed by atoms with van der Waals surface area (Å²) >= 11 is 5.85. The van der Waals surface area contributed by atoms with Crippen molar-refractivity contribution in [3.8, 4) is 0 Å². The Kier molecular flexibility index (Phi) is 4.81. The highest BCUT2D eigenvalue weighted by atomic mass is 35.5. The zero-order valence-electron chi connectivity index (χ0n) is 11.0. The van der Waals surface area contributed by atoms with Gasteiger partial charge in [0.25, 0.3) is 0 Å². The second-order valence-electron chi connectivity index (χ2n) is 5.05. The smallest absolute Gasteiger partial charge is 0.243 e. The lowest BCUT2D eigenvalue weighted by molar-refractivity contribution is 0.301. The lowest BCUT2D eigenvalue weighted by Gasteiger charge is -2.28. The van der Waals surface area contributed by atoms with Gasteiger partial charge in [0.2, 0.25) is 10.0 Å². The first-order valence-electron chi connectivity index (χ1n) is 6.65. The number of nitrogens with one attached hydrogen (secondary N) is 1. The molecule has 4 nitrogen and oxygen atoms in total. The molecule has 1 fully saturated rings. The number of hydrogen-bond acceptors (Lipinski definition) is 3. The molecule has 1 aromatic heterocycles. The van der Waals surface area contributed by atoms with E-state index in [2.05, 4.69) is 16.6 Å². The highest BCUT2D eigenvalue weighted by molar-refractivity contribution is 7.89. The predicted octanol–water partition coefficient (Wildman–Crippen LogP) is 2.98. The summed E-state index contributed by atoms with van der Waals surface area (Å²) in [5.74, 6) is 0.617. The van der Waals surface area contributed by atoms with Crippen LogP contribution < -0.4 is 4.72 Å². The third-order valence-electron chi connectivity index (χ3n) is 3.70. The van der Waals surface area contributed by atoms with Crippen LogP contribution in [0.4, 0.5) is 0 Å². The molecule has 1 aromatic rings. The van der Waals surface area contributed by atoms with Gasteiger partial charge in [0.1, 0.15) is 10.0 Å². The molecule has 0 spiro atoms. The van der Waals surface area contributed by atoms with Crippen LogP contribution in [-0.2, 0) is 10.0 Å². The van der Waals surface area contributed by atoms with E-state index in [9.17, 15) is 8.42 Å². The van der Waals surface area contributed by atoms with E-state index in [1.807, 2.05) is 0 Å². The molecule has 19 heavy (non-hydrogen) atoms. The molecular weight excluding hydrogens is 284 g/mol. The molecule has 0 bridgehead atoms. The molecule has 1 heterocycles. The van der Waals surface area contributed by atoms with Gasteiger partial charge < -0.3 is 0 Å². The first kappa shape index (κ1) is 14.8. The highest BCUT2D eigenvalue weighted by Gasteiger charge is 2.27. The van der Waals surface area contributed by atoms with Gasteiger partial charge >= 0.3 is 0 Å². The Labute approximate surface area is 119 Å². The molecule has 0 saturated heterocycles. The summed E-state index contributed by atoms with van der Waals surface area (Å²) in [6, 6.07) is 3.08. The van der Waals surface area contributed by atoms with Gasteiger partial charge in [-0.05, 0) is 30.9 Å². The Hall–Kier alpha value is -0.650. The van der Waals surface area contributed by atoms with Crippen LogP contribution in [0.5, 0.6) is 0 Å². The van der Waals surface area contributed by atoms with Crippen LogP contribution in [0.15, 0.2) is 23.2 Å². The van der Waals surface area contributed by atoms with E-state index in [1.54, 1.807) is 6.07 Å². The maximum absolute atomic E-state index is 12.3. The predicted molar refractivity (Wildman–Crippen MR) is 75.6 cm³/mol. The van der Waals surface area contributed by atoms with Crippen molar-refractivity contribution in [3.05, 3.63) is 23.5 Å². The summed E-state index contributed by atoms with van der Waals surface area (Å²) in [7, 11) is -3.57. The van der Waals surface area contributed by atoms with Gasteiger partial charge in [0, 0.05) is 12.2 Å². The van der Waals surface area contributed by atoms with Crippen LogP contribution in [0.1, 0.15) is 39.0 Å². The Morgan fingerprint density at radius 2 is 2.26 bits per heavy atom. The molecule has 6 heteroatoms. The van der Waals surface area contributed by atoms with Gasteiger partial charge in [0.05, 0.1) is 0 Å². The molecule has 1 aliphatic rings. The molecule has 1 aliphatic carbocycles. The van der Waals surface area contributed by atoms with E-state index >= 15 is 0 Å². The topological polar surface area (TPSA) is 59.1 Å². The first-order valence-corrected chi connectivity index (χ1v) is 8.52. The Bertz CT molecular complexity index is 533. The fourth-order valence-electron chi connectivity index (χ4n) is 2.62. The molecule has 1 N–H and O–H groups in total. The molecule has 2 rings (SSSR count). The number of aromatic nitrogens is 1. The lowest BCUT2D eigenvalue weighted by Crippen LogP contribution is -2.38. The second kappa shape index (κ2) is 6.20. The minimum atomic E-state index is -3.57. The quantitative estimate of drug-likeness (QED) is 0.870. The number of sulfonamides is 1. The summed E-state index contributed by atoms with van der Waals surface area (Å²) in [6.07, 6.45) is 6.66. The molecular formula is C13H19ClN2O2S. The van der Waals surface area contributed by atoms with Crippen LogP contribution in [-0.4, -0.2) is 19.4 Å². The third-order valence-corrected chi connectivity index (χ3v) is 5.66. The van der Waals surface area contributed by atoms with Crippen molar-refractivity contribution < 1.29 is 8.42 Å². The minimum absolute atomic E-state index is 0.0139. The number of nitrogens with zero attached hydrogens (tertiary/aromatic N) is 1. The van der Waals surface area contributed by atoms with Gasteiger partial charge in [-0.2, -0.15) is 0 Å². The van der Waals surface area contributed by atoms with Crippen molar-refractivity contribution in [2.75, 3.05) is 0 Å². The summed E-state index contributed by atoms with van der Waals surface area (Å²) in [6.45, 7) is 2.15. The maximum atomic E-state index is 12.3. The fraction of sp³-hybridized carbons (Fsp3) is 0.615. The van der Waals surface area contributed by atoms with E-state index in [-0.39, 0.29) is 16.1 Å². The van der Waals surface area contributed by atoms with Crippen molar-refractivity contribution in [2.24, 2.45) is 5.92 Å². The van der Waals surface area contributed by atoms with Gasteiger partial charge in [-0.15, -0.1) is 0 Å². The molecule has 2 atom stereocenters. The van der Waals surface area contributed by atoms with E-state index in [0.717, 1.165) is 25.7 Å². The molecule has 106 valence electrons. The second-order valence-corrected chi connectivity index (χ2v) is 7.09. The highest BCUT2D eigenvalue weighted by Crippen LogP contribution is 2.28. The summed E-state index contributed by atoms with van der Waals surface area (Å²) < 4.78 is 27.3. The SMILES string of the molecule is CCC1CCCC(NS(=O)(=O)c2cccnc2Cl)C1. The van der Waals surface area contributed by atoms with E-state index in [1.165, 1.54) is 18.7 Å². The van der Waals surface area contributed by atoms with Gasteiger partial charge in [-0.25, -0.2) is 18.1 Å². The molecule has 2 unspecified atom stereocenters. The molecule has 1 saturated carbocycles. The van der Waals surface area contributed by atoms with Crippen LogP contribution in [0, 0.1) is 5.92 Å². The third kappa shape index (κ3) is 3.68. The molecule has 0 radical (unpaired) electrons. The van der Waals surface area contributed by atoms with Crippen LogP contribution in [0.3, 0.4) is 0 Å². The minimum Gasteiger partial charge on any atom is -0.243 e. The Morgan fingerprint density at radius 3 is 2.95 bits per heavy atom. The standard InChI is InChI=1S/C13H19ClN2O2S/c1-2-10-5-3-6-11(9-10)16-19(17,18)12-7-4-8-15-13(12)14/h4,7-8,10-11,16H,2-3,5-6,9H2,1H3. The monoisotopic (exact) mass is 302 g/mol. The van der Waals surface area contributed by atoms with Gasteiger partial charge in [-0.3, -0.25) is 0 Å². The zero-order chi connectivity index (χ0) is 13.9. The van der Waals surface area contributed by atoms with Crippen molar-refractivity contribution >= 4 is 21.6 Å². The Balaban J connectivity index is 2.11. The Morgan fingerprint density at radius 1 is 1.47 bits per heavy atom. The maximum Gasteiger partial charge on any atom is 0.243 e. The number of pyridine rings is 1. The van der Waals surface area contributed by atoms with E-state index < -0.39 is 10.0 Å². The van der Waals surface area contributed by atoms with Crippen LogP contribution >= 0.6 is 11.6 Å². The van der Waals surface area contributed by atoms with Gasteiger partial charge in [0.15, 0.2) is 0 Å². The summed E-state index contributed by atoms with van der Waals surface area (Å²) in [4.78, 5) is 3.88. The zero-order valence-corrected chi connectivity index (χ0v) is 12.5. The van der Waals surface area contributed by atoms with E-state index in [4.69, 9.17) is 11.6 Å². The number of halogens is 1. The van der Waals surface area contributed by atoms with E-state index in [0.29, 0.717) is 5.92 Å². The fourth-order valence-corrected chi connectivity index (χ4v) is 4.36. The van der Waals surface area contributed by atoms with Gasteiger partial charge in [-0.1, -0.05) is 37.8 Å². The number of rotatable bonds is 4. The average molecular weight is 303 g/mol. The molecule has 0 aromatic carbocycles. The van der Waals surface area contributed by atoms with Crippen molar-refractivity contribution in [1.82, 2.24) is 9.71 Å². The molecule has 0 aliphatic heterocycles. The summed E-state index contributed by atoms with van der Waals surface area (Å²) in [5.41, 5.74) is 0. The van der Waals surface area contributed by atoms with Crippen molar-refractivity contribution in [3.63, 3.8) is 0 Å². The summed E-state index contributed by atoms with van der Waals surface area (Å²) in [5, 5.41) is 0.0258. The van der Waals surface area contributed by atoms with Crippen LogP contribution in [0.2, 0.25) is 5.15 Å². The van der Waals surface area contributed by atoms with Crippen molar-refractivity contribution in [2.45, 2.75) is 50.0 Å². The normalized spacial score (nSPS) is 24.3. The molecule has 0 amide bonds. The largest absolute Gasteiger partial charge is 0.243 e. The first-order chi connectivity index (χ1) is 9.03. The van der Waals surface area contributed by atoms with Crippen LogP contribution in [0.25, 0.3) is 0 Å². The number of hydrogen-bond donors (Lipinski definition) is 1. The lowest BCUT2D eigenvalue weighted by atomic mass is 9.85. The van der Waals surface area contributed by atoms with Crippen molar-refractivity contribution in [1.29, 1.82) is 0 Å². The average Bonchev–Trinajstić information content (AvgIpc) is 2.38.